The SMILES string of the molecule is C=C(CCC)C(C(=O)O)C(=O)O. The summed E-state index contributed by atoms with van der Waals surface area (Å²) < 4.78 is 0. The van der Waals surface area contributed by atoms with E-state index in [1.54, 1.807) is 0 Å². The zero-order valence-electron chi connectivity index (χ0n) is 6.91. The van der Waals surface area contributed by atoms with Gasteiger partial charge in [0.2, 0.25) is 0 Å². The summed E-state index contributed by atoms with van der Waals surface area (Å²) in [6, 6.07) is 0. The van der Waals surface area contributed by atoms with E-state index in [1.165, 1.54) is 0 Å². The normalized spacial score (nSPS) is 9.83. The van der Waals surface area contributed by atoms with Crippen molar-refractivity contribution >= 4 is 11.9 Å². The van der Waals surface area contributed by atoms with Crippen molar-refractivity contribution in [1.82, 2.24) is 0 Å². The van der Waals surface area contributed by atoms with Gasteiger partial charge in [-0.05, 0) is 6.42 Å². The number of carboxylic acid groups (broad SMARTS) is 2. The molecule has 0 amide bonds. The van der Waals surface area contributed by atoms with Crippen LogP contribution in [0.15, 0.2) is 12.2 Å². The molecule has 2 N–H and O–H groups in total. The minimum atomic E-state index is -1.45. The molecule has 0 radical (unpaired) electrons. The summed E-state index contributed by atoms with van der Waals surface area (Å²) in [5.74, 6) is -4.15. The van der Waals surface area contributed by atoms with Gasteiger partial charge in [-0.3, -0.25) is 9.59 Å². The van der Waals surface area contributed by atoms with E-state index in [9.17, 15) is 9.59 Å². The fourth-order valence-electron chi connectivity index (χ4n) is 0.920. The Bertz CT molecular complexity index is 193. The molecule has 0 bridgehead atoms. The molecule has 0 heterocycles. The Hall–Kier alpha value is -1.32. The van der Waals surface area contributed by atoms with Crippen LogP contribution in [0.4, 0.5) is 0 Å². The second-order valence-electron chi connectivity index (χ2n) is 2.52. The molecule has 4 heteroatoms. The van der Waals surface area contributed by atoms with Crippen LogP contribution in [0.3, 0.4) is 0 Å². The second kappa shape index (κ2) is 4.54. The number of hydrogen-bond acceptors (Lipinski definition) is 2. The van der Waals surface area contributed by atoms with Crippen LogP contribution in [0, 0.1) is 5.92 Å². The lowest BCUT2D eigenvalue weighted by Gasteiger charge is -2.08. The predicted octanol–water partition coefficient (Wildman–Crippen LogP) is 1.13. The molecule has 0 aliphatic rings. The Labute approximate surface area is 70.5 Å². The molecule has 0 aromatic rings. The lowest BCUT2D eigenvalue weighted by Crippen LogP contribution is -2.24. The average Bonchev–Trinajstić information content (AvgIpc) is 1.85. The maximum Gasteiger partial charge on any atom is 0.322 e. The molecule has 0 aromatic heterocycles. The van der Waals surface area contributed by atoms with Gasteiger partial charge < -0.3 is 10.2 Å². The fourth-order valence-corrected chi connectivity index (χ4v) is 0.920. The Morgan fingerprint density at radius 1 is 1.33 bits per heavy atom. The highest BCUT2D eigenvalue weighted by molar-refractivity contribution is 5.96. The Kier molecular flexibility index (Phi) is 4.04. The summed E-state index contributed by atoms with van der Waals surface area (Å²) in [6.45, 7) is 5.26. The van der Waals surface area contributed by atoms with Gasteiger partial charge in [-0.1, -0.05) is 25.5 Å². The molecule has 0 spiro atoms. The van der Waals surface area contributed by atoms with Gasteiger partial charge in [-0.25, -0.2) is 0 Å². The molecule has 0 aromatic carbocycles. The number of hydrogen-bond donors (Lipinski definition) is 2. The molecule has 68 valence electrons. The number of carboxylic acids is 2. The molecule has 12 heavy (non-hydrogen) atoms. The third-order valence-electron chi connectivity index (χ3n) is 1.47. The van der Waals surface area contributed by atoms with Crippen molar-refractivity contribution in [2.75, 3.05) is 0 Å². The Balaban J connectivity index is 4.41. The van der Waals surface area contributed by atoms with Gasteiger partial charge in [0.1, 0.15) is 0 Å². The molecule has 0 aliphatic heterocycles. The van der Waals surface area contributed by atoms with Gasteiger partial charge in [-0.2, -0.15) is 0 Å². The first kappa shape index (κ1) is 10.7. The number of aliphatic carboxylic acids is 2. The smallest absolute Gasteiger partial charge is 0.322 e. The third-order valence-corrected chi connectivity index (χ3v) is 1.47. The molecular formula is C8H12O4. The number of rotatable bonds is 5. The topological polar surface area (TPSA) is 74.6 Å². The minimum absolute atomic E-state index is 0.248. The van der Waals surface area contributed by atoms with Gasteiger partial charge in [0.05, 0.1) is 0 Å². The van der Waals surface area contributed by atoms with Crippen LogP contribution in [-0.4, -0.2) is 22.2 Å². The van der Waals surface area contributed by atoms with E-state index in [1.807, 2.05) is 6.92 Å². The average molecular weight is 172 g/mol. The van der Waals surface area contributed by atoms with Gasteiger partial charge in [0.15, 0.2) is 5.92 Å². The van der Waals surface area contributed by atoms with E-state index in [0.717, 1.165) is 0 Å². The van der Waals surface area contributed by atoms with E-state index in [2.05, 4.69) is 6.58 Å². The van der Waals surface area contributed by atoms with Crippen molar-refractivity contribution < 1.29 is 19.8 Å². The van der Waals surface area contributed by atoms with Crippen molar-refractivity contribution in [1.29, 1.82) is 0 Å². The molecule has 0 aliphatic carbocycles. The van der Waals surface area contributed by atoms with Crippen molar-refractivity contribution in [3.63, 3.8) is 0 Å². The standard InChI is InChI=1S/C8H12O4/c1-3-4-5(2)6(7(9)10)8(11)12/h6H,2-4H2,1H3,(H,9,10)(H,11,12). The number of carbonyl (C=O) groups is 2. The van der Waals surface area contributed by atoms with Crippen molar-refractivity contribution in [3.05, 3.63) is 12.2 Å². The molecule has 0 rings (SSSR count). The summed E-state index contributed by atoms with van der Waals surface area (Å²) in [4.78, 5) is 20.8. The quantitative estimate of drug-likeness (QED) is 0.481. The highest BCUT2D eigenvalue weighted by Gasteiger charge is 2.27. The molecule has 0 unspecified atom stereocenters. The zero-order valence-corrected chi connectivity index (χ0v) is 6.91. The first-order chi connectivity index (χ1) is 5.50. The van der Waals surface area contributed by atoms with E-state index < -0.39 is 17.9 Å². The molecule has 0 fully saturated rings. The van der Waals surface area contributed by atoms with Crippen LogP contribution in [0.2, 0.25) is 0 Å². The maximum absolute atomic E-state index is 10.4. The van der Waals surface area contributed by atoms with Gasteiger partial charge >= 0.3 is 11.9 Å². The molecule has 4 nitrogen and oxygen atoms in total. The molecule has 0 saturated carbocycles. The van der Waals surface area contributed by atoms with Crippen LogP contribution < -0.4 is 0 Å². The van der Waals surface area contributed by atoms with E-state index in [4.69, 9.17) is 10.2 Å². The summed E-state index contributed by atoms with van der Waals surface area (Å²) in [6.07, 6.45) is 1.14. The lowest BCUT2D eigenvalue weighted by atomic mass is 9.97. The summed E-state index contributed by atoms with van der Waals surface area (Å²) in [5, 5.41) is 17.0. The van der Waals surface area contributed by atoms with Crippen LogP contribution >= 0.6 is 0 Å². The van der Waals surface area contributed by atoms with Crippen molar-refractivity contribution in [2.24, 2.45) is 5.92 Å². The molecule has 0 saturated heterocycles. The van der Waals surface area contributed by atoms with Crippen LogP contribution in [-0.2, 0) is 9.59 Å². The summed E-state index contributed by atoms with van der Waals surface area (Å²) >= 11 is 0. The monoisotopic (exact) mass is 172 g/mol. The van der Waals surface area contributed by atoms with Gasteiger partial charge in [-0.15, -0.1) is 0 Å². The molecular weight excluding hydrogens is 160 g/mol. The third kappa shape index (κ3) is 2.74. The Morgan fingerprint density at radius 3 is 2.00 bits per heavy atom. The fraction of sp³-hybridized carbons (Fsp3) is 0.500. The Morgan fingerprint density at radius 2 is 1.75 bits per heavy atom. The van der Waals surface area contributed by atoms with Crippen molar-refractivity contribution in [3.8, 4) is 0 Å². The lowest BCUT2D eigenvalue weighted by molar-refractivity contribution is -0.152. The van der Waals surface area contributed by atoms with E-state index >= 15 is 0 Å². The largest absolute Gasteiger partial charge is 0.480 e. The van der Waals surface area contributed by atoms with Gasteiger partial charge in [0, 0.05) is 0 Å². The summed E-state index contributed by atoms with van der Waals surface area (Å²) in [7, 11) is 0. The van der Waals surface area contributed by atoms with E-state index in [0.29, 0.717) is 12.8 Å². The van der Waals surface area contributed by atoms with E-state index in [-0.39, 0.29) is 5.57 Å². The predicted molar refractivity (Wildman–Crippen MR) is 42.8 cm³/mol. The van der Waals surface area contributed by atoms with Crippen LogP contribution in [0.1, 0.15) is 19.8 Å². The highest BCUT2D eigenvalue weighted by atomic mass is 16.4. The van der Waals surface area contributed by atoms with Crippen LogP contribution in [0.5, 0.6) is 0 Å². The minimum Gasteiger partial charge on any atom is -0.480 e. The summed E-state index contributed by atoms with van der Waals surface area (Å²) in [5.41, 5.74) is 0.248. The van der Waals surface area contributed by atoms with Crippen LogP contribution in [0.25, 0.3) is 0 Å². The first-order valence-electron chi connectivity index (χ1n) is 3.64. The van der Waals surface area contributed by atoms with Crippen molar-refractivity contribution in [2.45, 2.75) is 19.8 Å². The zero-order chi connectivity index (χ0) is 9.72. The van der Waals surface area contributed by atoms with Gasteiger partial charge in [0.25, 0.3) is 0 Å². The highest BCUT2D eigenvalue weighted by Crippen LogP contribution is 2.15. The second-order valence-corrected chi connectivity index (χ2v) is 2.52. The first-order valence-corrected chi connectivity index (χ1v) is 3.64. The maximum atomic E-state index is 10.4. The molecule has 0 atom stereocenters.